The number of halogens is 3. The van der Waals surface area contributed by atoms with Crippen LogP contribution in [0.1, 0.15) is 26.7 Å². The molecule has 1 aliphatic rings. The van der Waals surface area contributed by atoms with Gasteiger partial charge in [0, 0.05) is 17.1 Å². The maximum Gasteiger partial charge on any atom is 0.412 e. The minimum atomic E-state index is -4.19. The Morgan fingerprint density at radius 3 is 2.27 bits per heavy atom. The lowest BCUT2D eigenvalue weighted by Gasteiger charge is -2.14. The highest BCUT2D eigenvalue weighted by Gasteiger charge is 2.33. The van der Waals surface area contributed by atoms with Crippen molar-refractivity contribution in [2.45, 2.75) is 32.9 Å². The van der Waals surface area contributed by atoms with Crippen LogP contribution in [0.4, 0.5) is 13.2 Å². The van der Waals surface area contributed by atoms with Gasteiger partial charge >= 0.3 is 6.18 Å². The van der Waals surface area contributed by atoms with E-state index in [9.17, 15) is 13.2 Å². The molecule has 0 aromatic carbocycles. The Morgan fingerprint density at radius 1 is 1.20 bits per heavy atom. The van der Waals surface area contributed by atoms with Gasteiger partial charge in [-0.3, -0.25) is 0 Å². The first-order valence-electron chi connectivity index (χ1n) is 4.88. The first kappa shape index (κ1) is 11.9. The summed E-state index contributed by atoms with van der Waals surface area (Å²) in [6, 6.07) is 0. The van der Waals surface area contributed by atoms with E-state index in [1.54, 1.807) is 0 Å². The van der Waals surface area contributed by atoms with Gasteiger partial charge in [0.2, 0.25) is 0 Å². The number of alkyl halides is 3. The highest BCUT2D eigenvalue weighted by molar-refractivity contribution is 5.37. The Balaban J connectivity index is 2.74. The average molecular weight is 214 g/mol. The molecule has 0 spiro atoms. The summed E-state index contributed by atoms with van der Waals surface area (Å²) < 4.78 is 36.7. The summed E-state index contributed by atoms with van der Waals surface area (Å²) in [6.07, 6.45) is -1.14. The predicted octanol–water partition coefficient (Wildman–Crippen LogP) is 3.85. The fourth-order valence-corrected chi connectivity index (χ4v) is 1.21. The van der Waals surface area contributed by atoms with Crippen LogP contribution in [-0.2, 0) is 0 Å². The molecule has 0 fully saturated rings. The number of rotatable bonds is 0. The molecule has 0 saturated carbocycles. The SMILES string of the molecule is CC(C)C#CC1=CC=C(C(F)(F)F)CC1. The Kier molecular flexibility index (Phi) is 3.62. The van der Waals surface area contributed by atoms with E-state index >= 15 is 0 Å². The fraction of sp³-hybridized carbons (Fsp3) is 0.500. The largest absolute Gasteiger partial charge is 0.412 e. The van der Waals surface area contributed by atoms with Gasteiger partial charge in [0.05, 0.1) is 0 Å². The molecular weight excluding hydrogens is 201 g/mol. The van der Waals surface area contributed by atoms with E-state index in [1.807, 2.05) is 13.8 Å². The topological polar surface area (TPSA) is 0 Å². The van der Waals surface area contributed by atoms with Crippen LogP contribution in [-0.4, -0.2) is 6.18 Å². The van der Waals surface area contributed by atoms with Crippen molar-refractivity contribution < 1.29 is 13.2 Å². The van der Waals surface area contributed by atoms with E-state index in [-0.39, 0.29) is 12.3 Å². The van der Waals surface area contributed by atoms with Crippen LogP contribution >= 0.6 is 0 Å². The molecule has 0 radical (unpaired) electrons. The Labute approximate surface area is 87.9 Å². The van der Waals surface area contributed by atoms with Crippen molar-refractivity contribution in [1.29, 1.82) is 0 Å². The van der Waals surface area contributed by atoms with Crippen LogP contribution in [0.5, 0.6) is 0 Å². The minimum absolute atomic E-state index is 0.0438. The molecule has 0 saturated heterocycles. The van der Waals surface area contributed by atoms with Crippen molar-refractivity contribution in [2.24, 2.45) is 5.92 Å². The second-order valence-corrected chi connectivity index (χ2v) is 3.81. The van der Waals surface area contributed by atoms with Crippen LogP contribution in [0.3, 0.4) is 0 Å². The molecule has 0 nitrogen and oxygen atoms in total. The smallest absolute Gasteiger partial charge is 0.166 e. The second kappa shape index (κ2) is 4.57. The lowest BCUT2D eigenvalue weighted by molar-refractivity contribution is -0.0940. The highest BCUT2D eigenvalue weighted by Crippen LogP contribution is 2.32. The van der Waals surface area contributed by atoms with Crippen molar-refractivity contribution in [3.05, 3.63) is 23.3 Å². The third kappa shape index (κ3) is 3.83. The van der Waals surface area contributed by atoms with E-state index in [0.29, 0.717) is 6.42 Å². The Morgan fingerprint density at radius 2 is 1.87 bits per heavy atom. The molecule has 0 amide bonds. The summed E-state index contributed by atoms with van der Waals surface area (Å²) in [7, 11) is 0. The lowest BCUT2D eigenvalue weighted by Crippen LogP contribution is -2.13. The molecular formula is C12H13F3. The standard InChI is InChI=1S/C12H13F3/c1-9(2)3-4-10-5-7-11(8-6-10)12(13,14)15/h5,7,9H,6,8H2,1-2H3. The first-order chi connectivity index (χ1) is 6.89. The average Bonchev–Trinajstić information content (AvgIpc) is 2.14. The molecule has 0 aromatic heterocycles. The molecule has 0 atom stereocenters. The third-order valence-corrected chi connectivity index (χ3v) is 2.03. The second-order valence-electron chi connectivity index (χ2n) is 3.81. The van der Waals surface area contributed by atoms with Gasteiger partial charge in [-0.15, -0.1) is 0 Å². The zero-order chi connectivity index (χ0) is 11.5. The molecule has 1 rings (SSSR count). The number of hydrogen-bond donors (Lipinski definition) is 0. The molecule has 82 valence electrons. The van der Waals surface area contributed by atoms with E-state index in [1.165, 1.54) is 6.08 Å². The fourth-order valence-electron chi connectivity index (χ4n) is 1.21. The van der Waals surface area contributed by atoms with Crippen LogP contribution in [0.15, 0.2) is 23.3 Å². The van der Waals surface area contributed by atoms with E-state index in [2.05, 4.69) is 11.8 Å². The van der Waals surface area contributed by atoms with E-state index in [0.717, 1.165) is 11.6 Å². The van der Waals surface area contributed by atoms with E-state index in [4.69, 9.17) is 0 Å². The molecule has 0 unspecified atom stereocenters. The Hall–Kier alpha value is -1.17. The quantitative estimate of drug-likeness (QED) is 0.537. The third-order valence-electron chi connectivity index (χ3n) is 2.03. The summed E-state index contributed by atoms with van der Waals surface area (Å²) >= 11 is 0. The van der Waals surface area contributed by atoms with Crippen molar-refractivity contribution in [1.82, 2.24) is 0 Å². The molecule has 1 aliphatic carbocycles. The van der Waals surface area contributed by atoms with Crippen LogP contribution < -0.4 is 0 Å². The van der Waals surface area contributed by atoms with Gasteiger partial charge in [-0.2, -0.15) is 13.2 Å². The van der Waals surface area contributed by atoms with Gasteiger partial charge in [-0.05, 0) is 12.8 Å². The Bertz CT molecular complexity index is 345. The van der Waals surface area contributed by atoms with E-state index < -0.39 is 11.7 Å². The van der Waals surface area contributed by atoms with Crippen molar-refractivity contribution >= 4 is 0 Å². The molecule has 0 heterocycles. The molecule has 0 bridgehead atoms. The van der Waals surface area contributed by atoms with Crippen LogP contribution in [0.25, 0.3) is 0 Å². The zero-order valence-corrected chi connectivity index (χ0v) is 8.78. The molecule has 0 N–H and O–H groups in total. The van der Waals surface area contributed by atoms with Gasteiger partial charge in [-0.25, -0.2) is 0 Å². The minimum Gasteiger partial charge on any atom is -0.166 e. The lowest BCUT2D eigenvalue weighted by atomic mass is 9.98. The first-order valence-corrected chi connectivity index (χ1v) is 4.88. The summed E-state index contributed by atoms with van der Waals surface area (Å²) in [5.41, 5.74) is 0.328. The van der Waals surface area contributed by atoms with Crippen LogP contribution in [0, 0.1) is 17.8 Å². The number of hydrogen-bond acceptors (Lipinski definition) is 0. The highest BCUT2D eigenvalue weighted by atomic mass is 19.4. The molecule has 15 heavy (non-hydrogen) atoms. The molecule has 3 heteroatoms. The van der Waals surface area contributed by atoms with Gasteiger partial charge in [0.25, 0.3) is 0 Å². The maximum absolute atomic E-state index is 12.2. The molecule has 0 aromatic rings. The van der Waals surface area contributed by atoms with Gasteiger partial charge in [-0.1, -0.05) is 37.8 Å². The summed E-state index contributed by atoms with van der Waals surface area (Å²) in [6.45, 7) is 3.90. The summed E-state index contributed by atoms with van der Waals surface area (Å²) in [5, 5.41) is 0. The van der Waals surface area contributed by atoms with Gasteiger partial charge in [0.15, 0.2) is 0 Å². The summed E-state index contributed by atoms with van der Waals surface area (Å²) in [5.74, 6) is 6.08. The van der Waals surface area contributed by atoms with Crippen molar-refractivity contribution in [2.75, 3.05) is 0 Å². The number of allylic oxidation sites excluding steroid dienone is 4. The zero-order valence-electron chi connectivity index (χ0n) is 8.78. The van der Waals surface area contributed by atoms with Crippen LogP contribution in [0.2, 0.25) is 0 Å². The van der Waals surface area contributed by atoms with Crippen molar-refractivity contribution in [3.8, 4) is 11.8 Å². The van der Waals surface area contributed by atoms with Gasteiger partial charge in [0.1, 0.15) is 0 Å². The normalized spacial score (nSPS) is 16.7. The summed E-state index contributed by atoms with van der Waals surface area (Å²) in [4.78, 5) is 0. The maximum atomic E-state index is 12.2. The predicted molar refractivity (Wildman–Crippen MR) is 54.1 cm³/mol. The van der Waals surface area contributed by atoms with Crippen molar-refractivity contribution in [3.63, 3.8) is 0 Å². The molecule has 0 aliphatic heterocycles. The monoisotopic (exact) mass is 214 g/mol. The van der Waals surface area contributed by atoms with Gasteiger partial charge < -0.3 is 0 Å².